The minimum atomic E-state index is -0.158. The van der Waals surface area contributed by atoms with E-state index < -0.39 is 0 Å². The number of aryl methyl sites for hydroxylation is 2. The molecule has 0 saturated carbocycles. The SMILES string of the molecule is Cc1cc(-c2ccncc2)nn1CCC(C)(C)N. The smallest absolute Gasteiger partial charge is 0.0927 e. The van der Waals surface area contributed by atoms with Gasteiger partial charge in [-0.1, -0.05) is 0 Å². The van der Waals surface area contributed by atoms with Crippen molar-refractivity contribution in [2.24, 2.45) is 5.73 Å². The number of hydrogen-bond acceptors (Lipinski definition) is 3. The summed E-state index contributed by atoms with van der Waals surface area (Å²) in [6.45, 7) is 6.99. The zero-order chi connectivity index (χ0) is 13.2. The number of rotatable bonds is 4. The maximum absolute atomic E-state index is 6.00. The standard InChI is InChI=1S/C14H20N4/c1-11-10-13(12-4-7-16-8-5-12)17-18(11)9-6-14(2,3)15/h4-5,7-8,10H,6,9,15H2,1-3H3. The van der Waals surface area contributed by atoms with Crippen LogP contribution in [0.2, 0.25) is 0 Å². The molecule has 18 heavy (non-hydrogen) atoms. The second kappa shape index (κ2) is 4.90. The van der Waals surface area contributed by atoms with Crippen LogP contribution in [-0.4, -0.2) is 20.3 Å². The van der Waals surface area contributed by atoms with E-state index in [9.17, 15) is 0 Å². The highest BCUT2D eigenvalue weighted by Crippen LogP contribution is 2.18. The molecule has 2 aromatic heterocycles. The summed E-state index contributed by atoms with van der Waals surface area (Å²) in [6.07, 6.45) is 4.48. The Balaban J connectivity index is 2.17. The molecule has 0 amide bonds. The van der Waals surface area contributed by atoms with Crippen molar-refractivity contribution in [2.75, 3.05) is 0 Å². The first kappa shape index (κ1) is 12.8. The molecule has 0 aliphatic rings. The Hall–Kier alpha value is -1.68. The van der Waals surface area contributed by atoms with Gasteiger partial charge in [-0.3, -0.25) is 9.67 Å². The highest BCUT2D eigenvalue weighted by Gasteiger charge is 2.12. The summed E-state index contributed by atoms with van der Waals surface area (Å²) in [4.78, 5) is 4.02. The van der Waals surface area contributed by atoms with E-state index in [1.54, 1.807) is 12.4 Å². The van der Waals surface area contributed by atoms with Crippen LogP contribution in [0.3, 0.4) is 0 Å². The highest BCUT2D eigenvalue weighted by molar-refractivity contribution is 5.58. The minimum Gasteiger partial charge on any atom is -0.325 e. The molecule has 0 unspecified atom stereocenters. The molecule has 2 aromatic rings. The number of nitrogens with two attached hydrogens (primary N) is 1. The fraction of sp³-hybridized carbons (Fsp3) is 0.429. The Labute approximate surface area is 108 Å². The Morgan fingerprint density at radius 1 is 1.28 bits per heavy atom. The van der Waals surface area contributed by atoms with E-state index >= 15 is 0 Å². The van der Waals surface area contributed by atoms with Crippen molar-refractivity contribution in [2.45, 2.75) is 39.3 Å². The molecule has 2 heterocycles. The lowest BCUT2D eigenvalue weighted by Gasteiger charge is -2.18. The summed E-state index contributed by atoms with van der Waals surface area (Å²) in [6, 6.07) is 6.04. The van der Waals surface area contributed by atoms with Crippen molar-refractivity contribution in [1.82, 2.24) is 14.8 Å². The van der Waals surface area contributed by atoms with Gasteiger partial charge in [-0.15, -0.1) is 0 Å². The van der Waals surface area contributed by atoms with Crippen molar-refractivity contribution in [3.05, 3.63) is 36.3 Å². The molecule has 0 aliphatic carbocycles. The molecular weight excluding hydrogens is 224 g/mol. The second-order valence-electron chi connectivity index (χ2n) is 5.37. The van der Waals surface area contributed by atoms with Crippen LogP contribution in [0.5, 0.6) is 0 Å². The van der Waals surface area contributed by atoms with Gasteiger partial charge in [0.05, 0.1) is 5.69 Å². The maximum Gasteiger partial charge on any atom is 0.0927 e. The van der Waals surface area contributed by atoms with Crippen LogP contribution < -0.4 is 5.73 Å². The molecule has 0 fully saturated rings. The molecule has 0 aliphatic heterocycles. The van der Waals surface area contributed by atoms with Crippen LogP contribution in [0.4, 0.5) is 0 Å². The molecule has 0 saturated heterocycles. The number of aromatic nitrogens is 3. The van der Waals surface area contributed by atoms with E-state index in [0.717, 1.165) is 29.9 Å². The fourth-order valence-corrected chi connectivity index (χ4v) is 1.79. The van der Waals surface area contributed by atoms with Crippen molar-refractivity contribution < 1.29 is 0 Å². The predicted molar refractivity (Wildman–Crippen MR) is 73.1 cm³/mol. The molecule has 0 aromatic carbocycles. The molecular formula is C14H20N4. The summed E-state index contributed by atoms with van der Waals surface area (Å²) >= 11 is 0. The van der Waals surface area contributed by atoms with Gasteiger partial charge >= 0.3 is 0 Å². The zero-order valence-electron chi connectivity index (χ0n) is 11.2. The van der Waals surface area contributed by atoms with Crippen molar-refractivity contribution >= 4 is 0 Å². The van der Waals surface area contributed by atoms with E-state index in [4.69, 9.17) is 5.73 Å². The Morgan fingerprint density at radius 3 is 2.56 bits per heavy atom. The first-order valence-corrected chi connectivity index (χ1v) is 6.19. The normalized spacial score (nSPS) is 11.8. The number of nitrogens with zero attached hydrogens (tertiary/aromatic N) is 3. The second-order valence-corrected chi connectivity index (χ2v) is 5.37. The highest BCUT2D eigenvalue weighted by atomic mass is 15.3. The molecule has 0 bridgehead atoms. The van der Waals surface area contributed by atoms with Gasteiger partial charge in [0.2, 0.25) is 0 Å². The summed E-state index contributed by atoms with van der Waals surface area (Å²) < 4.78 is 2.02. The van der Waals surface area contributed by atoms with Gasteiger partial charge in [0.15, 0.2) is 0 Å². The minimum absolute atomic E-state index is 0.158. The van der Waals surface area contributed by atoms with E-state index in [1.807, 2.05) is 30.7 Å². The van der Waals surface area contributed by atoms with Gasteiger partial charge in [-0.25, -0.2) is 0 Å². The molecule has 4 heteroatoms. The third-order valence-corrected chi connectivity index (χ3v) is 2.93. The van der Waals surface area contributed by atoms with E-state index in [1.165, 1.54) is 0 Å². The van der Waals surface area contributed by atoms with Crippen LogP contribution >= 0.6 is 0 Å². The number of hydrogen-bond donors (Lipinski definition) is 1. The molecule has 0 atom stereocenters. The molecule has 4 nitrogen and oxygen atoms in total. The van der Waals surface area contributed by atoms with Crippen LogP contribution in [0.25, 0.3) is 11.3 Å². The molecule has 2 N–H and O–H groups in total. The van der Waals surface area contributed by atoms with Crippen LogP contribution in [0.15, 0.2) is 30.6 Å². The Bertz CT molecular complexity index is 508. The molecule has 2 rings (SSSR count). The average molecular weight is 244 g/mol. The van der Waals surface area contributed by atoms with Crippen LogP contribution in [-0.2, 0) is 6.54 Å². The van der Waals surface area contributed by atoms with Crippen LogP contribution in [0.1, 0.15) is 26.0 Å². The van der Waals surface area contributed by atoms with Gasteiger partial charge < -0.3 is 5.73 Å². The van der Waals surface area contributed by atoms with Gasteiger partial charge in [0, 0.05) is 35.7 Å². The summed E-state index contributed by atoms with van der Waals surface area (Å²) in [7, 11) is 0. The lowest BCUT2D eigenvalue weighted by Crippen LogP contribution is -2.33. The van der Waals surface area contributed by atoms with Gasteiger partial charge in [0.25, 0.3) is 0 Å². The van der Waals surface area contributed by atoms with Crippen molar-refractivity contribution in [3.63, 3.8) is 0 Å². The third kappa shape index (κ3) is 3.17. The first-order valence-electron chi connectivity index (χ1n) is 6.19. The lowest BCUT2D eigenvalue weighted by atomic mass is 10.0. The van der Waals surface area contributed by atoms with Crippen LogP contribution in [0, 0.1) is 6.92 Å². The predicted octanol–water partition coefficient (Wildman–Crippen LogP) is 2.38. The van der Waals surface area contributed by atoms with Crippen molar-refractivity contribution in [1.29, 1.82) is 0 Å². The van der Waals surface area contributed by atoms with E-state index in [0.29, 0.717) is 0 Å². The summed E-state index contributed by atoms with van der Waals surface area (Å²) in [5.41, 5.74) is 9.09. The largest absolute Gasteiger partial charge is 0.325 e. The lowest BCUT2D eigenvalue weighted by molar-refractivity contribution is 0.417. The first-order chi connectivity index (χ1) is 8.46. The number of pyridine rings is 1. The summed E-state index contributed by atoms with van der Waals surface area (Å²) in [5.74, 6) is 0. The van der Waals surface area contributed by atoms with E-state index in [2.05, 4.69) is 23.1 Å². The zero-order valence-corrected chi connectivity index (χ0v) is 11.2. The molecule has 96 valence electrons. The van der Waals surface area contributed by atoms with Gasteiger partial charge in [0.1, 0.15) is 0 Å². The van der Waals surface area contributed by atoms with Gasteiger partial charge in [-0.05, 0) is 45.4 Å². The Morgan fingerprint density at radius 2 is 1.94 bits per heavy atom. The topological polar surface area (TPSA) is 56.7 Å². The van der Waals surface area contributed by atoms with Gasteiger partial charge in [-0.2, -0.15) is 5.10 Å². The summed E-state index contributed by atoms with van der Waals surface area (Å²) in [5, 5.41) is 4.62. The quantitative estimate of drug-likeness (QED) is 0.898. The molecule has 0 spiro atoms. The fourth-order valence-electron chi connectivity index (χ4n) is 1.79. The van der Waals surface area contributed by atoms with Crippen molar-refractivity contribution in [3.8, 4) is 11.3 Å². The monoisotopic (exact) mass is 244 g/mol. The van der Waals surface area contributed by atoms with E-state index in [-0.39, 0.29) is 5.54 Å². The third-order valence-electron chi connectivity index (χ3n) is 2.93. The molecule has 0 radical (unpaired) electrons. The Kier molecular flexibility index (Phi) is 3.48. The maximum atomic E-state index is 6.00. The average Bonchev–Trinajstić information content (AvgIpc) is 2.68.